The topological polar surface area (TPSA) is 87.7 Å². The van der Waals surface area contributed by atoms with Gasteiger partial charge in [0.25, 0.3) is 5.91 Å². The van der Waals surface area contributed by atoms with E-state index in [1.54, 1.807) is 24.3 Å². The highest BCUT2D eigenvalue weighted by Crippen LogP contribution is 2.17. The molecule has 1 rings (SSSR count). The van der Waals surface area contributed by atoms with Crippen molar-refractivity contribution in [3.05, 3.63) is 29.8 Å². The van der Waals surface area contributed by atoms with Gasteiger partial charge >= 0.3 is 0 Å². The Bertz CT molecular complexity index is 449. The molecule has 0 heterocycles. The summed E-state index contributed by atoms with van der Waals surface area (Å²) in [5, 5.41) is 13.7. The van der Waals surface area contributed by atoms with Crippen molar-refractivity contribution in [3.63, 3.8) is 0 Å². The fraction of sp³-hybridized carbons (Fsp3) is 0.429. The zero-order chi connectivity index (χ0) is 14.8. The van der Waals surface area contributed by atoms with Gasteiger partial charge in [-0.2, -0.15) is 0 Å². The molecule has 1 aromatic carbocycles. The van der Waals surface area contributed by atoms with Crippen molar-refractivity contribution in [1.29, 1.82) is 0 Å². The highest BCUT2D eigenvalue weighted by molar-refractivity contribution is 5.98. The molecule has 110 valence electrons. The maximum Gasteiger partial charge on any atom is 0.255 e. The van der Waals surface area contributed by atoms with E-state index in [1.165, 1.54) is 0 Å². The molecule has 2 amide bonds. The summed E-state index contributed by atoms with van der Waals surface area (Å²) in [5.74, 6) is -0.153. The molecule has 6 heteroatoms. The van der Waals surface area contributed by atoms with Gasteiger partial charge in [-0.05, 0) is 25.5 Å². The fourth-order valence-corrected chi connectivity index (χ4v) is 1.56. The lowest BCUT2D eigenvalue weighted by atomic mass is 10.2. The molecule has 20 heavy (non-hydrogen) atoms. The number of benzene rings is 1. The Morgan fingerprint density at radius 2 is 2.00 bits per heavy atom. The van der Waals surface area contributed by atoms with Crippen LogP contribution in [0.5, 0.6) is 5.75 Å². The van der Waals surface area contributed by atoms with Crippen LogP contribution in [-0.2, 0) is 4.79 Å². The molecule has 0 aromatic heterocycles. The van der Waals surface area contributed by atoms with Gasteiger partial charge in [-0.15, -0.1) is 0 Å². The van der Waals surface area contributed by atoms with Crippen LogP contribution in [0.2, 0.25) is 0 Å². The van der Waals surface area contributed by atoms with E-state index in [0.717, 1.165) is 0 Å². The maximum atomic E-state index is 12.0. The number of carbonyl (C=O) groups is 2. The van der Waals surface area contributed by atoms with Crippen molar-refractivity contribution in [2.45, 2.75) is 13.3 Å². The van der Waals surface area contributed by atoms with Crippen LogP contribution < -0.4 is 15.4 Å². The molecule has 0 saturated carbocycles. The van der Waals surface area contributed by atoms with E-state index in [0.29, 0.717) is 30.9 Å². The number of hydrogen-bond acceptors (Lipinski definition) is 4. The Kier molecular flexibility index (Phi) is 7.13. The van der Waals surface area contributed by atoms with Crippen molar-refractivity contribution in [2.24, 2.45) is 0 Å². The van der Waals surface area contributed by atoms with Gasteiger partial charge in [-0.25, -0.2) is 0 Å². The summed E-state index contributed by atoms with van der Waals surface area (Å²) in [6.07, 6.45) is 0.493. The van der Waals surface area contributed by atoms with Crippen molar-refractivity contribution >= 4 is 11.8 Å². The smallest absolute Gasteiger partial charge is 0.255 e. The van der Waals surface area contributed by atoms with Crippen LogP contribution in [-0.4, -0.2) is 43.2 Å². The highest BCUT2D eigenvalue weighted by atomic mass is 16.5. The Hall–Kier alpha value is -2.08. The Morgan fingerprint density at radius 1 is 1.25 bits per heavy atom. The zero-order valence-corrected chi connectivity index (χ0v) is 11.5. The Balaban J connectivity index is 2.48. The van der Waals surface area contributed by atoms with E-state index in [9.17, 15) is 9.59 Å². The average molecular weight is 280 g/mol. The molecule has 0 spiro atoms. The number of para-hydroxylation sites is 1. The molecule has 1 aromatic rings. The average Bonchev–Trinajstić information content (AvgIpc) is 2.46. The second-order valence-corrected chi connectivity index (χ2v) is 4.04. The van der Waals surface area contributed by atoms with Gasteiger partial charge in [-0.1, -0.05) is 12.1 Å². The predicted molar refractivity (Wildman–Crippen MR) is 74.7 cm³/mol. The van der Waals surface area contributed by atoms with Crippen molar-refractivity contribution in [2.75, 3.05) is 26.3 Å². The molecule has 0 fully saturated rings. The highest BCUT2D eigenvalue weighted by Gasteiger charge is 2.12. The molecule has 0 saturated heterocycles. The molecule has 0 aliphatic carbocycles. The molecular weight excluding hydrogens is 260 g/mol. The van der Waals surface area contributed by atoms with E-state index < -0.39 is 0 Å². The minimum atomic E-state index is -0.355. The summed E-state index contributed by atoms with van der Waals surface area (Å²) in [6, 6.07) is 6.87. The van der Waals surface area contributed by atoms with Crippen LogP contribution in [0.1, 0.15) is 23.7 Å². The molecule has 0 aliphatic rings. The first-order valence-corrected chi connectivity index (χ1v) is 6.56. The minimum Gasteiger partial charge on any atom is -0.493 e. The molecule has 3 N–H and O–H groups in total. The lowest BCUT2D eigenvalue weighted by Crippen LogP contribution is -2.37. The Labute approximate surface area is 118 Å². The quantitative estimate of drug-likeness (QED) is 0.598. The number of amides is 2. The van der Waals surface area contributed by atoms with Gasteiger partial charge in [0.2, 0.25) is 5.91 Å². The van der Waals surface area contributed by atoms with Crippen molar-refractivity contribution in [3.8, 4) is 5.75 Å². The number of aliphatic hydroxyl groups is 1. The number of rotatable bonds is 8. The molecular formula is C14H20N2O4. The number of nitrogens with one attached hydrogen (secondary N) is 2. The third kappa shape index (κ3) is 5.27. The predicted octanol–water partition coefficient (Wildman–Crippen LogP) is 0.314. The second kappa shape index (κ2) is 8.92. The lowest BCUT2D eigenvalue weighted by molar-refractivity contribution is -0.120. The monoisotopic (exact) mass is 280 g/mol. The van der Waals surface area contributed by atoms with Gasteiger partial charge in [0.15, 0.2) is 0 Å². The summed E-state index contributed by atoms with van der Waals surface area (Å²) in [6.45, 7) is 2.61. The lowest BCUT2D eigenvalue weighted by Gasteiger charge is -2.10. The number of hydrogen-bond donors (Lipinski definition) is 3. The summed E-state index contributed by atoms with van der Waals surface area (Å²) < 4.78 is 5.36. The van der Waals surface area contributed by atoms with E-state index in [2.05, 4.69) is 10.6 Å². The summed E-state index contributed by atoms with van der Waals surface area (Å²) in [5.41, 5.74) is 0.400. The molecule has 0 atom stereocenters. The van der Waals surface area contributed by atoms with Crippen LogP contribution in [0, 0.1) is 0 Å². The van der Waals surface area contributed by atoms with Gasteiger partial charge in [0.1, 0.15) is 5.75 Å². The van der Waals surface area contributed by atoms with Crippen molar-refractivity contribution in [1.82, 2.24) is 10.6 Å². The van der Waals surface area contributed by atoms with Crippen LogP contribution in [0.25, 0.3) is 0 Å². The molecule has 0 unspecified atom stereocenters. The van der Waals surface area contributed by atoms with E-state index in [-0.39, 0.29) is 25.0 Å². The largest absolute Gasteiger partial charge is 0.493 e. The van der Waals surface area contributed by atoms with Crippen LogP contribution in [0.3, 0.4) is 0 Å². The third-order valence-corrected chi connectivity index (χ3v) is 2.50. The van der Waals surface area contributed by atoms with E-state index in [1.807, 2.05) is 6.92 Å². The Morgan fingerprint density at radius 3 is 2.70 bits per heavy atom. The van der Waals surface area contributed by atoms with Crippen LogP contribution in [0.15, 0.2) is 24.3 Å². The summed E-state index contributed by atoms with van der Waals surface area (Å²) in [4.78, 5) is 23.4. The fourth-order valence-electron chi connectivity index (χ4n) is 1.56. The van der Waals surface area contributed by atoms with E-state index >= 15 is 0 Å². The van der Waals surface area contributed by atoms with Crippen molar-refractivity contribution < 1.29 is 19.4 Å². The first-order valence-electron chi connectivity index (χ1n) is 6.56. The molecule has 0 aliphatic heterocycles. The molecule has 0 bridgehead atoms. The maximum absolute atomic E-state index is 12.0. The number of aliphatic hydroxyl groups excluding tert-OH is 1. The van der Waals surface area contributed by atoms with Crippen LogP contribution in [0.4, 0.5) is 0 Å². The third-order valence-electron chi connectivity index (χ3n) is 2.50. The van der Waals surface area contributed by atoms with Gasteiger partial charge in [0.05, 0.1) is 18.7 Å². The van der Waals surface area contributed by atoms with E-state index in [4.69, 9.17) is 9.84 Å². The number of carbonyl (C=O) groups excluding carboxylic acids is 2. The normalized spacial score (nSPS) is 9.90. The second-order valence-electron chi connectivity index (χ2n) is 4.04. The number of ether oxygens (including phenoxy) is 1. The molecule has 6 nitrogen and oxygen atoms in total. The zero-order valence-electron chi connectivity index (χ0n) is 11.5. The first kappa shape index (κ1) is 16.0. The summed E-state index contributed by atoms with van der Waals surface area (Å²) in [7, 11) is 0. The standard InChI is InChI=1S/C14H20N2O4/c1-2-20-12-7-4-3-6-11(12)14(19)16-10-13(18)15-8-5-9-17/h3-4,6-7,17H,2,5,8-10H2,1H3,(H,15,18)(H,16,19). The van der Waals surface area contributed by atoms with Gasteiger partial charge in [0, 0.05) is 13.2 Å². The summed E-state index contributed by atoms with van der Waals surface area (Å²) >= 11 is 0. The SMILES string of the molecule is CCOc1ccccc1C(=O)NCC(=O)NCCCO. The first-order chi connectivity index (χ1) is 9.69. The van der Waals surface area contributed by atoms with Gasteiger partial charge < -0.3 is 20.5 Å². The van der Waals surface area contributed by atoms with Crippen LogP contribution >= 0.6 is 0 Å². The molecule has 0 radical (unpaired) electrons. The minimum absolute atomic E-state index is 0.0222. The van der Waals surface area contributed by atoms with Gasteiger partial charge in [-0.3, -0.25) is 9.59 Å².